The molecule has 0 radical (unpaired) electrons. The highest BCUT2D eigenvalue weighted by Gasteiger charge is 2.53. The molecule has 4 nitrogen and oxygen atoms in total. The van der Waals surface area contributed by atoms with E-state index in [1.807, 2.05) is 51.1 Å². The molecule has 29 heavy (non-hydrogen) atoms. The smallest absolute Gasteiger partial charge is 0.312 e. The molecule has 0 aliphatic rings. The Bertz CT molecular complexity index is 917. The normalized spacial score (nSPS) is 14.9. The molecular weight excluding hydrogens is 498 g/mol. The number of carbonyl (C=O) groups is 1. The summed E-state index contributed by atoms with van der Waals surface area (Å²) in [7, 11) is 0. The number of nitrogens with zero attached hydrogens (tertiary/aromatic N) is 1. The first-order chi connectivity index (χ1) is 13.7. The van der Waals surface area contributed by atoms with Crippen LogP contribution < -0.4 is 4.74 Å². The maximum Gasteiger partial charge on any atom is 0.312 e. The van der Waals surface area contributed by atoms with Crippen molar-refractivity contribution in [1.82, 2.24) is 0 Å². The summed E-state index contributed by atoms with van der Waals surface area (Å²) in [5.74, 6) is -1.36. The van der Waals surface area contributed by atoms with Gasteiger partial charge in [-0.3, -0.25) is 4.79 Å². The van der Waals surface area contributed by atoms with Crippen molar-refractivity contribution in [2.75, 3.05) is 0 Å². The Labute approximate surface area is 188 Å². The Morgan fingerprint density at radius 2 is 1.72 bits per heavy atom. The summed E-state index contributed by atoms with van der Waals surface area (Å²) in [5, 5.41) is 20.4. The standard InChI is InChI=1S/C23H23Br2NO3/c1-15(2)23(22(27)28,16(3)12-21(24)25)20(14-26)17-8-7-11-19(13-17)29-18-9-5-4-6-10-18/h4-13,15-16,20H,1-3H3,(H,27,28). The van der Waals surface area contributed by atoms with Crippen LogP contribution in [0.3, 0.4) is 0 Å². The van der Waals surface area contributed by atoms with Crippen LogP contribution in [-0.4, -0.2) is 11.1 Å². The molecular formula is C23H23Br2NO3. The van der Waals surface area contributed by atoms with Crippen LogP contribution >= 0.6 is 31.9 Å². The Balaban J connectivity index is 2.56. The van der Waals surface area contributed by atoms with Crippen LogP contribution in [0.25, 0.3) is 0 Å². The molecule has 0 heterocycles. The highest BCUT2D eigenvalue weighted by molar-refractivity contribution is 9.28. The van der Waals surface area contributed by atoms with E-state index in [1.165, 1.54) is 0 Å². The third kappa shape index (κ3) is 5.09. The number of ether oxygens (including phenoxy) is 1. The fraction of sp³-hybridized carbons (Fsp3) is 0.304. The second-order valence-electron chi connectivity index (χ2n) is 7.19. The Kier molecular flexibility index (Phi) is 8.06. The van der Waals surface area contributed by atoms with Crippen molar-refractivity contribution in [3.8, 4) is 17.6 Å². The zero-order valence-electron chi connectivity index (χ0n) is 16.5. The molecule has 3 atom stereocenters. The predicted octanol–water partition coefficient (Wildman–Crippen LogP) is 7.08. The van der Waals surface area contributed by atoms with Gasteiger partial charge in [-0.15, -0.1) is 0 Å². The Hall–Kier alpha value is -2.10. The molecule has 0 aliphatic heterocycles. The lowest BCUT2D eigenvalue weighted by Gasteiger charge is -2.41. The van der Waals surface area contributed by atoms with E-state index in [4.69, 9.17) is 4.74 Å². The average molecular weight is 521 g/mol. The highest BCUT2D eigenvalue weighted by atomic mass is 79.9. The SMILES string of the molecule is CC(C)C(C(=O)O)(C(C)C=C(Br)Br)C(C#N)c1cccc(Oc2ccccc2)c1. The van der Waals surface area contributed by atoms with Gasteiger partial charge in [0.25, 0.3) is 0 Å². The van der Waals surface area contributed by atoms with Crippen LogP contribution in [0.5, 0.6) is 11.5 Å². The summed E-state index contributed by atoms with van der Waals surface area (Å²) in [4.78, 5) is 12.6. The van der Waals surface area contributed by atoms with Gasteiger partial charge in [0, 0.05) is 0 Å². The van der Waals surface area contributed by atoms with Crippen molar-refractivity contribution in [2.24, 2.45) is 17.3 Å². The van der Waals surface area contributed by atoms with Crippen molar-refractivity contribution in [3.63, 3.8) is 0 Å². The van der Waals surface area contributed by atoms with Crippen LogP contribution in [0.1, 0.15) is 32.3 Å². The van der Waals surface area contributed by atoms with Crippen molar-refractivity contribution < 1.29 is 14.6 Å². The lowest BCUT2D eigenvalue weighted by atomic mass is 9.59. The lowest BCUT2D eigenvalue weighted by Crippen LogP contribution is -2.46. The van der Waals surface area contributed by atoms with Gasteiger partial charge in [-0.25, -0.2) is 0 Å². The molecule has 0 aromatic heterocycles. The number of carboxylic acid groups (broad SMARTS) is 1. The molecule has 0 saturated carbocycles. The third-order valence-corrected chi connectivity index (χ3v) is 5.76. The third-order valence-electron chi connectivity index (χ3n) is 5.23. The highest BCUT2D eigenvalue weighted by Crippen LogP contribution is 2.50. The molecule has 0 amide bonds. The molecule has 0 saturated heterocycles. The van der Waals surface area contributed by atoms with Crippen LogP contribution in [0.15, 0.2) is 64.1 Å². The van der Waals surface area contributed by atoms with Gasteiger partial charge in [0.1, 0.15) is 11.5 Å². The van der Waals surface area contributed by atoms with Crippen molar-refractivity contribution in [3.05, 3.63) is 69.6 Å². The van der Waals surface area contributed by atoms with E-state index < -0.39 is 23.2 Å². The van der Waals surface area contributed by atoms with Gasteiger partial charge < -0.3 is 9.84 Å². The van der Waals surface area contributed by atoms with Crippen molar-refractivity contribution >= 4 is 37.8 Å². The first kappa shape index (κ1) is 23.2. The van der Waals surface area contributed by atoms with E-state index in [-0.39, 0.29) is 5.92 Å². The van der Waals surface area contributed by atoms with Crippen LogP contribution in [0.2, 0.25) is 0 Å². The Morgan fingerprint density at radius 3 is 2.24 bits per heavy atom. The van der Waals surface area contributed by atoms with E-state index in [1.54, 1.807) is 30.3 Å². The summed E-state index contributed by atoms with van der Waals surface area (Å²) in [6.45, 7) is 5.51. The predicted molar refractivity (Wildman–Crippen MR) is 121 cm³/mol. The number of hydrogen-bond acceptors (Lipinski definition) is 3. The fourth-order valence-electron chi connectivity index (χ4n) is 3.85. The second kappa shape index (κ2) is 10.1. The van der Waals surface area contributed by atoms with E-state index in [2.05, 4.69) is 37.9 Å². The monoisotopic (exact) mass is 519 g/mol. The van der Waals surface area contributed by atoms with E-state index in [0.29, 0.717) is 20.5 Å². The summed E-state index contributed by atoms with van der Waals surface area (Å²) in [6, 6.07) is 18.7. The van der Waals surface area contributed by atoms with Gasteiger partial charge in [-0.2, -0.15) is 5.26 Å². The zero-order chi connectivity index (χ0) is 21.6. The molecule has 1 N–H and O–H groups in total. The minimum absolute atomic E-state index is 0.297. The van der Waals surface area contributed by atoms with Gasteiger partial charge in [-0.1, -0.05) is 57.2 Å². The molecule has 2 aromatic rings. The Morgan fingerprint density at radius 1 is 1.10 bits per heavy atom. The number of carboxylic acids is 1. The minimum Gasteiger partial charge on any atom is -0.481 e. The van der Waals surface area contributed by atoms with Crippen LogP contribution in [0.4, 0.5) is 0 Å². The van der Waals surface area contributed by atoms with E-state index in [9.17, 15) is 15.2 Å². The quantitative estimate of drug-likeness (QED) is 0.403. The van der Waals surface area contributed by atoms with Gasteiger partial charge in [0.05, 0.1) is 20.8 Å². The number of rotatable bonds is 8. The summed E-state index contributed by atoms with van der Waals surface area (Å²) in [5.41, 5.74) is -0.713. The molecule has 0 spiro atoms. The van der Waals surface area contributed by atoms with Crippen molar-refractivity contribution in [1.29, 1.82) is 5.26 Å². The molecule has 0 bridgehead atoms. The number of nitriles is 1. The van der Waals surface area contributed by atoms with Crippen LogP contribution in [0, 0.1) is 28.6 Å². The van der Waals surface area contributed by atoms with Crippen molar-refractivity contribution in [2.45, 2.75) is 26.7 Å². The summed E-state index contributed by atoms with van der Waals surface area (Å²) in [6.07, 6.45) is 1.78. The van der Waals surface area contributed by atoms with E-state index >= 15 is 0 Å². The number of para-hydroxylation sites is 1. The average Bonchev–Trinajstić information content (AvgIpc) is 2.65. The maximum absolute atomic E-state index is 12.6. The largest absolute Gasteiger partial charge is 0.481 e. The maximum atomic E-state index is 12.6. The summed E-state index contributed by atoms with van der Waals surface area (Å²) >= 11 is 6.65. The molecule has 152 valence electrons. The van der Waals surface area contributed by atoms with Crippen LogP contribution in [-0.2, 0) is 4.79 Å². The summed E-state index contributed by atoms with van der Waals surface area (Å²) < 4.78 is 6.54. The zero-order valence-corrected chi connectivity index (χ0v) is 19.6. The minimum atomic E-state index is -1.33. The number of allylic oxidation sites excluding steroid dienone is 1. The van der Waals surface area contributed by atoms with Gasteiger partial charge in [0.2, 0.25) is 0 Å². The molecule has 3 unspecified atom stereocenters. The van der Waals surface area contributed by atoms with E-state index in [0.717, 1.165) is 0 Å². The number of hydrogen-bond donors (Lipinski definition) is 1. The first-order valence-electron chi connectivity index (χ1n) is 9.22. The number of benzene rings is 2. The second-order valence-corrected chi connectivity index (χ2v) is 9.96. The van der Waals surface area contributed by atoms with Gasteiger partial charge in [-0.05, 0) is 73.5 Å². The first-order valence-corrected chi connectivity index (χ1v) is 10.8. The van der Waals surface area contributed by atoms with Gasteiger partial charge in [0.15, 0.2) is 0 Å². The van der Waals surface area contributed by atoms with Gasteiger partial charge >= 0.3 is 5.97 Å². The molecule has 2 aromatic carbocycles. The number of halogens is 2. The lowest BCUT2D eigenvalue weighted by molar-refractivity contribution is -0.155. The number of aliphatic carboxylic acids is 1. The molecule has 0 fully saturated rings. The fourth-order valence-corrected chi connectivity index (χ4v) is 4.65. The molecule has 6 heteroatoms. The molecule has 0 aliphatic carbocycles. The topological polar surface area (TPSA) is 70.3 Å². The molecule has 2 rings (SSSR count).